The van der Waals surface area contributed by atoms with E-state index in [0.29, 0.717) is 6.42 Å². The fraction of sp³-hybridized carbons (Fsp3) is 0.0811. The summed E-state index contributed by atoms with van der Waals surface area (Å²) >= 11 is 3.32. The van der Waals surface area contributed by atoms with Crippen LogP contribution in [-0.4, -0.2) is 10.2 Å². The van der Waals surface area contributed by atoms with Gasteiger partial charge in [0.05, 0.1) is 0 Å². The molecule has 0 bridgehead atoms. The predicted molar refractivity (Wildman–Crippen MR) is 165 cm³/mol. The van der Waals surface area contributed by atoms with Crippen LogP contribution in [0.3, 0.4) is 0 Å². The molecule has 0 aliphatic carbocycles. The fourth-order valence-corrected chi connectivity index (χ4v) is 7.77. The van der Waals surface area contributed by atoms with Crippen molar-refractivity contribution in [2.75, 3.05) is 0 Å². The molecule has 0 saturated carbocycles. The molecule has 2 N–H and O–H groups in total. The molecular weight excluding hydrogens is 541 g/mol. The van der Waals surface area contributed by atoms with Crippen LogP contribution in [-0.2, 0) is 17.6 Å². The van der Waals surface area contributed by atoms with Crippen LogP contribution in [0.5, 0.6) is 0 Å². The first-order chi connectivity index (χ1) is 20.0. The lowest BCUT2D eigenvalue weighted by atomic mass is 9.86. The van der Waals surface area contributed by atoms with Gasteiger partial charge in [0.25, 0.3) is 0 Å². The zero-order valence-electron chi connectivity index (χ0n) is 22.0. The molecule has 5 aromatic carbocycles. The summed E-state index contributed by atoms with van der Waals surface area (Å²) in [6.07, 6.45) is 0.460. The highest BCUT2D eigenvalue weighted by molar-refractivity contribution is 7.99. The first-order valence-electron chi connectivity index (χ1n) is 13.4. The van der Waals surface area contributed by atoms with Crippen LogP contribution >= 0.6 is 23.5 Å². The molecule has 0 fully saturated rings. The molecule has 41 heavy (non-hydrogen) atoms. The molecule has 0 unspecified atom stereocenters. The lowest BCUT2D eigenvalue weighted by Crippen LogP contribution is -2.29. The Morgan fingerprint density at radius 2 is 0.951 bits per heavy atom. The molecule has 2 nitrogen and oxygen atoms in total. The minimum atomic E-state index is -1.41. The largest absolute Gasteiger partial charge is 0.369 e. The molecular formula is C37H24O2S2. The second-order valence-electron chi connectivity index (χ2n) is 10.0. The first-order valence-corrected chi connectivity index (χ1v) is 15.0. The number of hydrogen-bond donors (Lipinski definition) is 2. The average Bonchev–Trinajstić information content (AvgIpc) is 3.01. The number of hydrogen-bond acceptors (Lipinski definition) is 4. The van der Waals surface area contributed by atoms with Gasteiger partial charge in [-0.1, -0.05) is 132 Å². The summed E-state index contributed by atoms with van der Waals surface area (Å²) < 4.78 is 0. The molecule has 0 saturated heterocycles. The molecule has 2 heterocycles. The molecule has 2 aliphatic rings. The van der Waals surface area contributed by atoms with Crippen molar-refractivity contribution >= 4 is 23.5 Å². The van der Waals surface area contributed by atoms with E-state index in [9.17, 15) is 10.2 Å². The molecule has 0 spiro atoms. The van der Waals surface area contributed by atoms with Gasteiger partial charge in [-0.2, -0.15) is 0 Å². The van der Waals surface area contributed by atoms with Crippen molar-refractivity contribution in [1.82, 2.24) is 0 Å². The van der Waals surface area contributed by atoms with Crippen LogP contribution in [0.2, 0.25) is 0 Å². The summed E-state index contributed by atoms with van der Waals surface area (Å²) in [5.74, 6) is 12.9. The molecule has 0 atom stereocenters. The number of fused-ring (bicyclic) bond motifs is 4. The zero-order valence-corrected chi connectivity index (χ0v) is 23.6. The lowest BCUT2D eigenvalue weighted by Gasteiger charge is -2.32. The maximum atomic E-state index is 11.9. The van der Waals surface area contributed by atoms with E-state index in [0.717, 1.165) is 53.0 Å². The zero-order chi connectivity index (χ0) is 27.9. The third-order valence-corrected chi connectivity index (χ3v) is 9.73. The van der Waals surface area contributed by atoms with Gasteiger partial charge in [0.15, 0.2) is 11.2 Å². The Labute approximate surface area is 248 Å². The Hall–Kier alpha value is -4.16. The lowest BCUT2D eigenvalue weighted by molar-refractivity contribution is 0.137. The number of benzene rings is 5. The minimum Gasteiger partial charge on any atom is -0.369 e. The predicted octanol–water partition coefficient (Wildman–Crippen LogP) is 7.39. The fourth-order valence-electron chi connectivity index (χ4n) is 5.41. The molecule has 0 aromatic heterocycles. The van der Waals surface area contributed by atoms with Gasteiger partial charge in [0.2, 0.25) is 0 Å². The van der Waals surface area contributed by atoms with Crippen molar-refractivity contribution in [3.05, 3.63) is 155 Å². The Morgan fingerprint density at radius 1 is 0.512 bits per heavy atom. The van der Waals surface area contributed by atoms with Crippen LogP contribution in [0.4, 0.5) is 0 Å². The molecule has 0 amide bonds. The minimum absolute atomic E-state index is 0.460. The van der Waals surface area contributed by atoms with E-state index in [1.54, 1.807) is 23.5 Å². The summed E-state index contributed by atoms with van der Waals surface area (Å²) in [6.45, 7) is 0. The van der Waals surface area contributed by atoms with Gasteiger partial charge in [0, 0.05) is 53.8 Å². The van der Waals surface area contributed by atoms with E-state index in [4.69, 9.17) is 0 Å². The van der Waals surface area contributed by atoms with Gasteiger partial charge in [-0.3, -0.25) is 0 Å². The Morgan fingerprint density at radius 3 is 1.44 bits per heavy atom. The molecule has 5 aromatic rings. The smallest absolute Gasteiger partial charge is 0.179 e. The van der Waals surface area contributed by atoms with Crippen molar-refractivity contribution < 1.29 is 10.2 Å². The van der Waals surface area contributed by atoms with Crippen molar-refractivity contribution in [2.45, 2.75) is 37.2 Å². The van der Waals surface area contributed by atoms with Gasteiger partial charge in [-0.15, -0.1) is 0 Å². The first kappa shape index (κ1) is 25.8. The van der Waals surface area contributed by atoms with E-state index in [-0.39, 0.29) is 0 Å². The second kappa shape index (κ2) is 10.3. The van der Waals surface area contributed by atoms with Gasteiger partial charge >= 0.3 is 0 Å². The quantitative estimate of drug-likeness (QED) is 0.208. The molecule has 4 heteroatoms. The topological polar surface area (TPSA) is 40.5 Å². The SMILES string of the molecule is OC1(C#CCc2cccc(C#CC3(O)c4ccccc4Sc4ccccc43)c2)c2ccccc2Sc2ccccc21. The van der Waals surface area contributed by atoms with Crippen molar-refractivity contribution in [2.24, 2.45) is 0 Å². The summed E-state index contributed by atoms with van der Waals surface area (Å²) in [5, 5.41) is 23.8. The van der Waals surface area contributed by atoms with Gasteiger partial charge < -0.3 is 10.2 Å². The molecule has 196 valence electrons. The van der Waals surface area contributed by atoms with E-state index in [2.05, 4.69) is 23.7 Å². The third-order valence-electron chi connectivity index (χ3n) is 7.42. The number of aliphatic hydroxyl groups is 2. The Kier molecular flexibility index (Phi) is 6.51. The van der Waals surface area contributed by atoms with Crippen molar-refractivity contribution in [3.8, 4) is 23.7 Å². The maximum absolute atomic E-state index is 11.9. The van der Waals surface area contributed by atoms with E-state index in [1.807, 2.05) is 121 Å². The van der Waals surface area contributed by atoms with Crippen LogP contribution in [0.25, 0.3) is 0 Å². The summed E-state index contributed by atoms with van der Waals surface area (Å²) in [7, 11) is 0. The molecule has 0 radical (unpaired) electrons. The monoisotopic (exact) mass is 564 g/mol. The van der Waals surface area contributed by atoms with E-state index in [1.165, 1.54) is 0 Å². The second-order valence-corrected chi connectivity index (χ2v) is 12.2. The van der Waals surface area contributed by atoms with Crippen LogP contribution in [0.15, 0.2) is 141 Å². The maximum Gasteiger partial charge on any atom is 0.179 e. The van der Waals surface area contributed by atoms with Crippen LogP contribution < -0.4 is 0 Å². The van der Waals surface area contributed by atoms with Gasteiger partial charge in [0.1, 0.15) is 0 Å². The summed E-state index contributed by atoms with van der Waals surface area (Å²) in [4.78, 5) is 4.05. The average molecular weight is 565 g/mol. The number of rotatable bonds is 1. The highest BCUT2D eigenvalue weighted by Gasteiger charge is 2.38. The van der Waals surface area contributed by atoms with Gasteiger partial charge in [-0.05, 0) is 42.0 Å². The standard InChI is InChI=1S/C37H24O2S2/c38-36(28-14-1-5-18-32(28)40-33-19-6-2-15-29(33)36)23-10-13-26-11-9-12-27(25-26)22-24-37(39)30-16-3-7-20-34(30)41-35-21-8-4-17-31(35)37/h1-9,11-12,14-21,25,38-39H,13H2. The van der Waals surface area contributed by atoms with Crippen molar-refractivity contribution in [1.29, 1.82) is 0 Å². The normalized spacial score (nSPS) is 15.0. The Balaban J connectivity index is 1.21. The van der Waals surface area contributed by atoms with Crippen LogP contribution in [0, 0.1) is 23.7 Å². The highest BCUT2D eigenvalue weighted by Crippen LogP contribution is 2.48. The van der Waals surface area contributed by atoms with Crippen molar-refractivity contribution in [3.63, 3.8) is 0 Å². The third kappa shape index (κ3) is 4.56. The summed E-state index contributed by atoms with van der Waals surface area (Å²) in [5.41, 5.74) is 2.25. The summed E-state index contributed by atoms with van der Waals surface area (Å²) in [6, 6.07) is 39.5. The van der Waals surface area contributed by atoms with E-state index >= 15 is 0 Å². The Bertz CT molecular complexity index is 1850. The molecule has 2 aliphatic heterocycles. The van der Waals surface area contributed by atoms with Crippen LogP contribution in [0.1, 0.15) is 33.4 Å². The highest BCUT2D eigenvalue weighted by atomic mass is 32.2. The molecule has 7 rings (SSSR count). The van der Waals surface area contributed by atoms with Gasteiger partial charge in [-0.25, -0.2) is 0 Å². The van der Waals surface area contributed by atoms with E-state index < -0.39 is 11.2 Å².